The molecule has 8 nitrogen and oxygen atoms in total. The molecule has 9 heteroatoms. The third-order valence-electron chi connectivity index (χ3n) is 3.02. The first-order valence-corrected chi connectivity index (χ1v) is 8.37. The van der Waals surface area contributed by atoms with Gasteiger partial charge in [0.1, 0.15) is 0 Å². The van der Waals surface area contributed by atoms with E-state index in [4.69, 9.17) is 4.74 Å². The third kappa shape index (κ3) is 3.69. The first kappa shape index (κ1) is 17.4. The molecule has 0 fully saturated rings. The molecule has 0 atom stereocenters. The molecule has 0 saturated carbocycles. The standard InChI is InChI=1S/C15H14N2O6S/c1-2-23-15(18)11-7-3-4-8-12(11)16-24(21,22)14-10-6-5-9-13(14)17(19)20/h3-10,16H,2H2,1H3. The fourth-order valence-electron chi connectivity index (χ4n) is 1.99. The van der Waals surface area contributed by atoms with Gasteiger partial charge in [-0.1, -0.05) is 24.3 Å². The van der Waals surface area contributed by atoms with Gasteiger partial charge < -0.3 is 4.74 Å². The Hall–Kier alpha value is -2.94. The minimum Gasteiger partial charge on any atom is -0.462 e. The number of para-hydroxylation sites is 2. The second-order valence-corrected chi connectivity index (χ2v) is 6.25. The topological polar surface area (TPSA) is 116 Å². The average molecular weight is 350 g/mol. The normalized spacial score (nSPS) is 10.9. The number of benzene rings is 2. The van der Waals surface area contributed by atoms with Crippen LogP contribution in [0.3, 0.4) is 0 Å². The van der Waals surface area contributed by atoms with E-state index in [-0.39, 0.29) is 17.9 Å². The monoisotopic (exact) mass is 350 g/mol. The number of hydrogen-bond donors (Lipinski definition) is 1. The number of carbonyl (C=O) groups excluding carboxylic acids is 1. The molecule has 2 aromatic rings. The van der Waals surface area contributed by atoms with E-state index in [2.05, 4.69) is 4.72 Å². The minimum absolute atomic E-state index is 0.0153. The summed E-state index contributed by atoms with van der Waals surface area (Å²) in [5.74, 6) is -0.696. The summed E-state index contributed by atoms with van der Waals surface area (Å²) in [5, 5.41) is 11.0. The Balaban J connectivity index is 2.45. The van der Waals surface area contributed by atoms with Gasteiger partial charge in [-0.25, -0.2) is 13.2 Å². The molecule has 1 N–H and O–H groups in total. The zero-order chi connectivity index (χ0) is 17.7. The molecule has 0 radical (unpaired) electrons. The molecule has 0 spiro atoms. The molecule has 2 rings (SSSR count). The molecule has 0 amide bonds. The molecule has 0 aliphatic heterocycles. The van der Waals surface area contributed by atoms with Crippen molar-refractivity contribution >= 4 is 27.4 Å². The molecule has 24 heavy (non-hydrogen) atoms. The van der Waals surface area contributed by atoms with Crippen molar-refractivity contribution in [2.45, 2.75) is 11.8 Å². The van der Waals surface area contributed by atoms with Crippen LogP contribution in [-0.4, -0.2) is 25.9 Å². The van der Waals surface area contributed by atoms with Gasteiger partial charge in [-0.05, 0) is 25.1 Å². The molecule has 2 aromatic carbocycles. The summed E-state index contributed by atoms with van der Waals surface area (Å²) < 4.78 is 32.1. The molecule has 0 unspecified atom stereocenters. The van der Waals surface area contributed by atoms with Crippen molar-refractivity contribution in [1.29, 1.82) is 0 Å². The summed E-state index contributed by atoms with van der Waals surface area (Å²) in [5.41, 5.74) is -0.561. The lowest BCUT2D eigenvalue weighted by molar-refractivity contribution is -0.387. The van der Waals surface area contributed by atoms with Crippen molar-refractivity contribution in [1.82, 2.24) is 0 Å². The summed E-state index contributed by atoms with van der Waals surface area (Å²) >= 11 is 0. The number of nitrogens with zero attached hydrogens (tertiary/aromatic N) is 1. The van der Waals surface area contributed by atoms with Crippen LogP contribution < -0.4 is 4.72 Å². The van der Waals surface area contributed by atoms with Gasteiger partial charge >= 0.3 is 5.97 Å². The van der Waals surface area contributed by atoms with E-state index < -0.39 is 31.5 Å². The molecule has 0 aliphatic rings. The van der Waals surface area contributed by atoms with Crippen molar-refractivity contribution in [3.63, 3.8) is 0 Å². The lowest BCUT2D eigenvalue weighted by Gasteiger charge is -2.12. The highest BCUT2D eigenvalue weighted by molar-refractivity contribution is 7.92. The Morgan fingerprint density at radius 2 is 1.79 bits per heavy atom. The van der Waals surface area contributed by atoms with E-state index in [1.807, 2.05) is 0 Å². The largest absolute Gasteiger partial charge is 0.462 e. The zero-order valence-corrected chi connectivity index (χ0v) is 13.4. The van der Waals surface area contributed by atoms with E-state index in [0.29, 0.717) is 0 Å². The lowest BCUT2D eigenvalue weighted by Crippen LogP contribution is -2.17. The summed E-state index contributed by atoms with van der Waals surface area (Å²) in [6, 6.07) is 10.8. The fraction of sp³-hybridized carbons (Fsp3) is 0.133. The minimum atomic E-state index is -4.26. The Bertz CT molecular complexity index is 879. The molecule has 126 valence electrons. The van der Waals surface area contributed by atoms with E-state index in [9.17, 15) is 23.3 Å². The Morgan fingerprint density at radius 3 is 2.46 bits per heavy atom. The van der Waals surface area contributed by atoms with Gasteiger partial charge in [-0.2, -0.15) is 0 Å². The van der Waals surface area contributed by atoms with Gasteiger partial charge in [-0.3, -0.25) is 14.8 Å². The summed E-state index contributed by atoms with van der Waals surface area (Å²) in [4.78, 5) is 21.6. The zero-order valence-electron chi connectivity index (χ0n) is 12.6. The fourth-order valence-corrected chi connectivity index (χ4v) is 3.25. The van der Waals surface area contributed by atoms with Gasteiger partial charge in [-0.15, -0.1) is 0 Å². The molecule has 0 saturated heterocycles. The van der Waals surface area contributed by atoms with Crippen LogP contribution in [0.1, 0.15) is 17.3 Å². The van der Waals surface area contributed by atoms with Gasteiger partial charge in [0.05, 0.1) is 22.8 Å². The summed E-state index contributed by atoms with van der Waals surface area (Å²) in [6.45, 7) is 1.75. The molecule has 0 bridgehead atoms. The van der Waals surface area contributed by atoms with Crippen molar-refractivity contribution in [2.24, 2.45) is 0 Å². The van der Waals surface area contributed by atoms with E-state index >= 15 is 0 Å². The Morgan fingerprint density at radius 1 is 1.17 bits per heavy atom. The number of esters is 1. The van der Waals surface area contributed by atoms with Crippen LogP contribution in [0, 0.1) is 10.1 Å². The second-order valence-electron chi connectivity index (χ2n) is 4.60. The van der Waals surface area contributed by atoms with Crippen LogP contribution in [-0.2, 0) is 14.8 Å². The maximum Gasteiger partial charge on any atom is 0.340 e. The van der Waals surface area contributed by atoms with E-state index in [0.717, 1.165) is 12.1 Å². The number of sulfonamides is 1. The van der Waals surface area contributed by atoms with Crippen LogP contribution in [0.5, 0.6) is 0 Å². The number of nitrogens with one attached hydrogen (secondary N) is 1. The molecule has 0 aliphatic carbocycles. The molecule has 0 heterocycles. The second kappa shape index (κ2) is 7.09. The highest BCUT2D eigenvalue weighted by atomic mass is 32.2. The molecular formula is C15H14N2O6S. The summed E-state index contributed by atoms with van der Waals surface area (Å²) in [7, 11) is -4.26. The quantitative estimate of drug-likeness (QED) is 0.486. The maximum absolute atomic E-state index is 12.5. The molecule has 0 aromatic heterocycles. The predicted octanol–water partition coefficient (Wildman–Crippen LogP) is 2.57. The number of anilines is 1. The first-order chi connectivity index (χ1) is 11.4. The maximum atomic E-state index is 12.5. The number of nitro benzene ring substituents is 1. The number of nitro groups is 1. The average Bonchev–Trinajstić information content (AvgIpc) is 2.55. The van der Waals surface area contributed by atoms with Gasteiger partial charge in [0.15, 0.2) is 4.90 Å². The van der Waals surface area contributed by atoms with Crippen LogP contribution in [0.2, 0.25) is 0 Å². The third-order valence-corrected chi connectivity index (χ3v) is 4.43. The SMILES string of the molecule is CCOC(=O)c1ccccc1NS(=O)(=O)c1ccccc1[N+](=O)[O-]. The van der Waals surface area contributed by atoms with Crippen LogP contribution in [0.15, 0.2) is 53.4 Å². The Kier molecular flexibility index (Phi) is 5.14. The van der Waals surface area contributed by atoms with Crippen LogP contribution in [0.4, 0.5) is 11.4 Å². The van der Waals surface area contributed by atoms with Gasteiger partial charge in [0.2, 0.25) is 0 Å². The van der Waals surface area contributed by atoms with Crippen molar-refractivity contribution in [3.8, 4) is 0 Å². The predicted molar refractivity (Wildman–Crippen MR) is 86.3 cm³/mol. The van der Waals surface area contributed by atoms with Crippen LogP contribution in [0.25, 0.3) is 0 Å². The highest BCUT2D eigenvalue weighted by Gasteiger charge is 2.26. The highest BCUT2D eigenvalue weighted by Crippen LogP contribution is 2.26. The van der Waals surface area contributed by atoms with Gasteiger partial charge in [0, 0.05) is 6.07 Å². The van der Waals surface area contributed by atoms with E-state index in [1.165, 1.54) is 30.3 Å². The van der Waals surface area contributed by atoms with Crippen LogP contribution >= 0.6 is 0 Å². The Labute approximate surface area is 138 Å². The van der Waals surface area contributed by atoms with Gasteiger partial charge in [0.25, 0.3) is 15.7 Å². The first-order valence-electron chi connectivity index (χ1n) is 6.89. The van der Waals surface area contributed by atoms with E-state index in [1.54, 1.807) is 13.0 Å². The number of hydrogen-bond acceptors (Lipinski definition) is 6. The van der Waals surface area contributed by atoms with Crippen molar-refractivity contribution in [3.05, 3.63) is 64.2 Å². The summed E-state index contributed by atoms with van der Waals surface area (Å²) in [6.07, 6.45) is 0. The lowest BCUT2D eigenvalue weighted by atomic mass is 10.2. The number of rotatable bonds is 6. The van der Waals surface area contributed by atoms with Crippen molar-refractivity contribution in [2.75, 3.05) is 11.3 Å². The molecular weight excluding hydrogens is 336 g/mol. The smallest absolute Gasteiger partial charge is 0.340 e. The number of carbonyl (C=O) groups is 1. The number of ether oxygens (including phenoxy) is 1. The van der Waals surface area contributed by atoms with Crippen molar-refractivity contribution < 1.29 is 22.9 Å².